The summed E-state index contributed by atoms with van der Waals surface area (Å²) in [6.07, 6.45) is 0.526. The van der Waals surface area contributed by atoms with E-state index in [1.807, 2.05) is 4.90 Å². The zero-order valence-corrected chi connectivity index (χ0v) is 23.9. The van der Waals surface area contributed by atoms with Gasteiger partial charge < -0.3 is 25.4 Å². The lowest BCUT2D eigenvalue weighted by molar-refractivity contribution is -0.118. The molecule has 12 heteroatoms. The normalized spacial score (nSPS) is 13.8. The summed E-state index contributed by atoms with van der Waals surface area (Å²) in [6.45, 7) is 5.72. The molecule has 0 aliphatic carbocycles. The van der Waals surface area contributed by atoms with E-state index in [0.29, 0.717) is 37.2 Å². The lowest BCUT2D eigenvalue weighted by Gasteiger charge is -2.34. The first-order valence-electron chi connectivity index (χ1n) is 13.4. The Hall–Kier alpha value is -4.92. The second-order valence-corrected chi connectivity index (χ2v) is 10.9. The van der Waals surface area contributed by atoms with E-state index in [1.54, 1.807) is 51.1 Å². The van der Waals surface area contributed by atoms with Crippen molar-refractivity contribution in [2.75, 3.05) is 25.1 Å². The van der Waals surface area contributed by atoms with Crippen LogP contribution in [-0.2, 0) is 16.1 Å². The molecular formula is C30H33FN6O5. The molecule has 0 atom stereocenters. The van der Waals surface area contributed by atoms with E-state index in [1.165, 1.54) is 23.8 Å². The summed E-state index contributed by atoms with van der Waals surface area (Å²) in [5.41, 5.74) is 5.28. The lowest BCUT2D eigenvalue weighted by Crippen LogP contribution is -2.47. The highest BCUT2D eigenvalue weighted by Gasteiger charge is 2.28. The molecule has 2 aromatic carbocycles. The maximum absolute atomic E-state index is 14.8. The van der Waals surface area contributed by atoms with Gasteiger partial charge in [-0.25, -0.2) is 14.2 Å². The predicted octanol–water partition coefficient (Wildman–Crippen LogP) is 3.58. The summed E-state index contributed by atoms with van der Waals surface area (Å²) in [5, 5.41) is 12.1. The van der Waals surface area contributed by atoms with Gasteiger partial charge in [0.15, 0.2) is 0 Å². The van der Waals surface area contributed by atoms with Gasteiger partial charge in [-0.1, -0.05) is 18.2 Å². The molecule has 11 nitrogen and oxygen atoms in total. The van der Waals surface area contributed by atoms with E-state index < -0.39 is 35.5 Å². The first kappa shape index (κ1) is 30.0. The minimum absolute atomic E-state index is 0.133. The van der Waals surface area contributed by atoms with Crippen LogP contribution in [0.4, 0.5) is 15.1 Å². The largest absolute Gasteiger partial charge is 0.497 e. The van der Waals surface area contributed by atoms with Crippen LogP contribution in [0.25, 0.3) is 22.4 Å². The van der Waals surface area contributed by atoms with Gasteiger partial charge in [0.05, 0.1) is 23.9 Å². The molecule has 0 unspecified atom stereocenters. The van der Waals surface area contributed by atoms with E-state index in [2.05, 4.69) is 5.32 Å². The third-order valence-electron chi connectivity index (χ3n) is 6.70. The zero-order valence-electron chi connectivity index (χ0n) is 23.9. The molecule has 0 spiro atoms. The van der Waals surface area contributed by atoms with E-state index in [4.69, 9.17) is 20.2 Å². The number of methoxy groups -OCH3 is 1. The van der Waals surface area contributed by atoms with Crippen LogP contribution in [0.5, 0.6) is 5.75 Å². The molecule has 4 rings (SSSR count). The maximum atomic E-state index is 14.8. The molecule has 220 valence electrons. The van der Waals surface area contributed by atoms with E-state index >= 15 is 0 Å². The van der Waals surface area contributed by atoms with Crippen LogP contribution in [0.1, 0.15) is 39.2 Å². The van der Waals surface area contributed by atoms with Crippen molar-refractivity contribution in [1.82, 2.24) is 14.9 Å². The van der Waals surface area contributed by atoms with Crippen LogP contribution >= 0.6 is 0 Å². The fourth-order valence-corrected chi connectivity index (χ4v) is 4.76. The van der Waals surface area contributed by atoms with Gasteiger partial charge in [-0.3, -0.25) is 14.2 Å². The number of halogens is 1. The number of nitrogens with zero attached hydrogens (tertiary/aromatic N) is 4. The third kappa shape index (κ3) is 6.86. The third-order valence-corrected chi connectivity index (χ3v) is 6.70. The number of piperidine rings is 1. The van der Waals surface area contributed by atoms with Crippen molar-refractivity contribution in [1.29, 1.82) is 5.26 Å². The molecule has 1 aliphatic heterocycles. The lowest BCUT2D eigenvalue weighted by atomic mass is 9.99. The molecule has 3 aromatic rings. The number of nitrogens with one attached hydrogen (secondary N) is 1. The summed E-state index contributed by atoms with van der Waals surface area (Å²) < 4.78 is 26.6. The molecule has 0 bridgehead atoms. The van der Waals surface area contributed by atoms with Crippen molar-refractivity contribution < 1.29 is 23.5 Å². The second-order valence-electron chi connectivity index (χ2n) is 10.9. The molecule has 42 heavy (non-hydrogen) atoms. The number of carbonyl (C=O) groups excluding carboxylic acids is 2. The average Bonchev–Trinajstić information content (AvgIpc) is 2.93. The molecule has 2 amide bonds. The Balaban J connectivity index is 1.80. The van der Waals surface area contributed by atoms with E-state index in [9.17, 15) is 24.0 Å². The van der Waals surface area contributed by atoms with Crippen molar-refractivity contribution >= 4 is 17.9 Å². The van der Waals surface area contributed by atoms with Crippen molar-refractivity contribution in [2.24, 2.45) is 5.73 Å². The Kier molecular flexibility index (Phi) is 8.80. The van der Waals surface area contributed by atoms with Crippen LogP contribution in [0.2, 0.25) is 0 Å². The zero-order chi connectivity index (χ0) is 30.6. The van der Waals surface area contributed by atoms with Gasteiger partial charge in [-0.05, 0) is 63.4 Å². The first-order chi connectivity index (χ1) is 19.9. The molecule has 1 aliphatic rings. The van der Waals surface area contributed by atoms with E-state index in [0.717, 1.165) is 6.07 Å². The smallest absolute Gasteiger partial charge is 0.407 e. The fraction of sp³-hybridized carbons (Fsp3) is 0.367. The molecule has 0 saturated carbocycles. The Morgan fingerprint density at radius 2 is 1.79 bits per heavy atom. The number of ether oxygens (including phenoxy) is 2. The number of alkyl carbamates (subject to hydrolysis) is 1. The highest BCUT2D eigenvalue weighted by molar-refractivity contribution is 5.82. The van der Waals surface area contributed by atoms with Crippen molar-refractivity contribution in [3.05, 3.63) is 64.2 Å². The van der Waals surface area contributed by atoms with E-state index in [-0.39, 0.29) is 34.4 Å². The number of hydrogen-bond donors (Lipinski definition) is 2. The Bertz CT molecular complexity index is 1580. The molecule has 1 saturated heterocycles. The number of hydrogen-bond acceptors (Lipinski definition) is 8. The minimum atomic E-state index is -0.755. The SMILES string of the molecule is COc1ccc(-c2c(-c3ccc(C#N)c(F)c3)nc(N3CCC(NC(=O)OC(C)(C)C)CC3)n(CC(N)=O)c2=O)cc1. The summed E-state index contributed by atoms with van der Waals surface area (Å²) in [4.78, 5) is 45.1. The minimum Gasteiger partial charge on any atom is -0.497 e. The number of aromatic nitrogens is 2. The first-order valence-corrected chi connectivity index (χ1v) is 13.4. The maximum Gasteiger partial charge on any atom is 0.407 e. The Morgan fingerprint density at radius 3 is 2.33 bits per heavy atom. The number of benzene rings is 2. The van der Waals surface area contributed by atoms with Gasteiger partial charge in [0, 0.05) is 24.7 Å². The van der Waals surface area contributed by atoms with Gasteiger partial charge in [-0.15, -0.1) is 0 Å². The van der Waals surface area contributed by atoms with Crippen LogP contribution in [0.15, 0.2) is 47.3 Å². The van der Waals surface area contributed by atoms with Crippen LogP contribution < -0.4 is 26.2 Å². The molecule has 3 N–H and O–H groups in total. The number of nitrogens with two attached hydrogens (primary N) is 1. The van der Waals surface area contributed by atoms with Gasteiger partial charge in [-0.2, -0.15) is 5.26 Å². The second kappa shape index (κ2) is 12.3. The number of primary amides is 1. The summed E-state index contributed by atoms with van der Waals surface area (Å²) >= 11 is 0. The van der Waals surface area contributed by atoms with Gasteiger partial charge in [0.25, 0.3) is 5.56 Å². The standard InChI is InChI=1S/C30H33FN6O5/c1-30(2,3)42-29(40)34-21-11-13-36(14-12-21)28-35-26(19-5-6-20(16-32)23(31)15-19)25(27(39)37(28)17-24(33)38)18-7-9-22(41-4)10-8-18/h5-10,15,21H,11-14,17H2,1-4H3,(H2,33,38)(H,34,40). The average molecular weight is 577 g/mol. The van der Waals surface area contributed by atoms with Crippen LogP contribution in [-0.4, -0.2) is 53.4 Å². The monoisotopic (exact) mass is 576 g/mol. The Labute approximate surface area is 242 Å². The van der Waals surface area contributed by atoms with Crippen LogP contribution in [0.3, 0.4) is 0 Å². The summed E-state index contributed by atoms with van der Waals surface area (Å²) in [5.74, 6) is -0.741. The number of nitriles is 1. The molecule has 2 heterocycles. The van der Waals surface area contributed by atoms with Gasteiger partial charge >= 0.3 is 6.09 Å². The van der Waals surface area contributed by atoms with Crippen LogP contribution in [0, 0.1) is 17.1 Å². The summed E-state index contributed by atoms with van der Waals surface area (Å²) in [7, 11) is 1.52. The Morgan fingerprint density at radius 1 is 1.14 bits per heavy atom. The fourth-order valence-electron chi connectivity index (χ4n) is 4.76. The summed E-state index contributed by atoms with van der Waals surface area (Å²) in [6, 6.07) is 12.3. The topological polar surface area (TPSA) is 153 Å². The quantitative estimate of drug-likeness (QED) is 0.433. The van der Waals surface area contributed by atoms with Gasteiger partial charge in [0.1, 0.15) is 29.8 Å². The highest BCUT2D eigenvalue weighted by atomic mass is 19.1. The molecule has 1 fully saturated rings. The molecular weight excluding hydrogens is 543 g/mol. The van der Waals surface area contributed by atoms with Gasteiger partial charge in [0.2, 0.25) is 11.9 Å². The molecule has 0 radical (unpaired) electrons. The number of carbonyl (C=O) groups is 2. The molecule has 1 aromatic heterocycles. The van der Waals surface area contributed by atoms with Crippen molar-refractivity contribution in [2.45, 2.75) is 51.8 Å². The number of rotatable bonds is 7. The predicted molar refractivity (Wildman–Crippen MR) is 154 cm³/mol. The number of anilines is 1. The highest BCUT2D eigenvalue weighted by Crippen LogP contribution is 2.32. The van der Waals surface area contributed by atoms with Crippen molar-refractivity contribution in [3.8, 4) is 34.2 Å². The van der Waals surface area contributed by atoms with Crippen molar-refractivity contribution in [3.63, 3.8) is 0 Å². The number of amides is 2.